The average molecular weight is 356 g/mol. The fourth-order valence-corrected chi connectivity index (χ4v) is 3.90. The first-order chi connectivity index (χ1) is 11.9. The van der Waals surface area contributed by atoms with Gasteiger partial charge in [0.2, 0.25) is 0 Å². The van der Waals surface area contributed by atoms with Crippen molar-refractivity contribution >= 4 is 27.3 Å². The first-order valence-corrected chi connectivity index (χ1v) is 9.08. The zero-order valence-corrected chi connectivity index (χ0v) is 15.3. The Morgan fingerprint density at radius 3 is 2.60 bits per heavy atom. The number of nitrogens with one attached hydrogen (secondary N) is 1. The summed E-state index contributed by atoms with van der Waals surface area (Å²) in [5, 5.41) is 0.473. The van der Waals surface area contributed by atoms with Crippen molar-refractivity contribution in [2.24, 2.45) is 0 Å². The Morgan fingerprint density at radius 1 is 1.16 bits per heavy atom. The highest BCUT2D eigenvalue weighted by Crippen LogP contribution is 2.21. The molecule has 0 atom stereocenters. The van der Waals surface area contributed by atoms with E-state index in [0.29, 0.717) is 15.8 Å². The van der Waals surface area contributed by atoms with E-state index in [4.69, 9.17) is 0 Å². The van der Waals surface area contributed by atoms with E-state index in [-0.39, 0.29) is 12.3 Å². The molecule has 25 heavy (non-hydrogen) atoms. The second-order valence-corrected chi connectivity index (χ2v) is 7.39. The van der Waals surface area contributed by atoms with Crippen LogP contribution in [0, 0.1) is 13.8 Å². The molecule has 0 fully saturated rings. The van der Waals surface area contributed by atoms with Crippen LogP contribution in [0.25, 0.3) is 10.2 Å². The van der Waals surface area contributed by atoms with Crippen LogP contribution in [0.1, 0.15) is 39.7 Å². The van der Waals surface area contributed by atoms with Crippen molar-refractivity contribution in [3.63, 3.8) is 0 Å². The zero-order chi connectivity index (χ0) is 18.1. The van der Waals surface area contributed by atoms with E-state index in [1.54, 1.807) is 12.1 Å². The lowest BCUT2D eigenvalue weighted by atomic mass is 10.0. The number of aromatic amines is 1. The van der Waals surface area contributed by atoms with Crippen LogP contribution in [-0.2, 0) is 13.0 Å². The molecular weight excluding hydrogens is 336 g/mol. The maximum Gasteiger partial charge on any atom is 0.329 e. The zero-order valence-electron chi connectivity index (χ0n) is 14.5. The molecule has 2 aromatic heterocycles. The number of fused-ring (bicyclic) bond motifs is 1. The van der Waals surface area contributed by atoms with Gasteiger partial charge in [-0.2, -0.15) is 0 Å². The molecule has 5 nitrogen and oxygen atoms in total. The van der Waals surface area contributed by atoms with Gasteiger partial charge in [-0.15, -0.1) is 11.3 Å². The minimum Gasteiger partial charge on any atom is -0.298 e. The first kappa shape index (κ1) is 17.4. The second-order valence-electron chi connectivity index (χ2n) is 6.25. The number of H-pyrrole nitrogens is 1. The summed E-state index contributed by atoms with van der Waals surface area (Å²) in [4.78, 5) is 41.8. The van der Waals surface area contributed by atoms with Crippen LogP contribution in [0.2, 0.25) is 0 Å². The van der Waals surface area contributed by atoms with E-state index in [1.165, 1.54) is 11.3 Å². The van der Waals surface area contributed by atoms with Gasteiger partial charge in [-0.05, 0) is 43.5 Å². The Hall–Kier alpha value is -2.47. The number of hydrogen-bond acceptors (Lipinski definition) is 4. The van der Waals surface area contributed by atoms with E-state index < -0.39 is 11.2 Å². The van der Waals surface area contributed by atoms with Crippen molar-refractivity contribution in [3.05, 3.63) is 66.7 Å². The van der Waals surface area contributed by atoms with E-state index in [0.717, 1.165) is 33.4 Å². The molecule has 6 heteroatoms. The molecule has 0 bridgehead atoms. The number of nitrogens with zero attached hydrogens (tertiary/aromatic N) is 1. The van der Waals surface area contributed by atoms with Gasteiger partial charge in [-0.25, -0.2) is 4.79 Å². The number of rotatable bonds is 5. The molecule has 0 saturated carbocycles. The molecule has 0 unspecified atom stereocenters. The number of thiophene rings is 1. The van der Waals surface area contributed by atoms with Gasteiger partial charge in [0.15, 0.2) is 5.78 Å². The van der Waals surface area contributed by atoms with Gasteiger partial charge in [0.25, 0.3) is 5.56 Å². The van der Waals surface area contributed by atoms with E-state index in [1.807, 2.05) is 26.0 Å². The monoisotopic (exact) mass is 356 g/mol. The number of ketones is 1. The summed E-state index contributed by atoms with van der Waals surface area (Å²) < 4.78 is 0.988. The van der Waals surface area contributed by atoms with Gasteiger partial charge < -0.3 is 0 Å². The summed E-state index contributed by atoms with van der Waals surface area (Å²) >= 11 is 1.42. The van der Waals surface area contributed by atoms with Gasteiger partial charge in [0.1, 0.15) is 4.83 Å². The highest BCUT2D eigenvalue weighted by atomic mass is 32.1. The highest BCUT2D eigenvalue weighted by Gasteiger charge is 2.15. The summed E-state index contributed by atoms with van der Waals surface area (Å²) in [6.45, 7) is 5.70. The molecule has 0 aliphatic carbocycles. The SMILES string of the molecule is CCCc1cc2c(=O)n(CC(=O)c3ccc(C)c(C)c3)c(=O)[nH]c2s1. The number of carbonyl (C=O) groups is 1. The van der Waals surface area contributed by atoms with Crippen LogP contribution >= 0.6 is 11.3 Å². The third kappa shape index (κ3) is 3.35. The largest absolute Gasteiger partial charge is 0.329 e. The van der Waals surface area contributed by atoms with E-state index >= 15 is 0 Å². The van der Waals surface area contributed by atoms with Crippen molar-refractivity contribution in [1.82, 2.24) is 9.55 Å². The summed E-state index contributed by atoms with van der Waals surface area (Å²) in [6, 6.07) is 7.21. The molecule has 0 aliphatic rings. The Morgan fingerprint density at radius 2 is 1.92 bits per heavy atom. The van der Waals surface area contributed by atoms with Gasteiger partial charge in [-0.3, -0.25) is 19.1 Å². The summed E-state index contributed by atoms with van der Waals surface area (Å²) in [6.07, 6.45) is 1.83. The molecule has 0 saturated heterocycles. The number of aryl methyl sites for hydroxylation is 3. The minimum atomic E-state index is -0.542. The van der Waals surface area contributed by atoms with E-state index in [9.17, 15) is 14.4 Å². The molecule has 1 aromatic carbocycles. The molecule has 130 valence electrons. The predicted molar refractivity (Wildman–Crippen MR) is 101 cm³/mol. The molecule has 0 spiro atoms. The van der Waals surface area contributed by atoms with Crippen LogP contribution in [0.5, 0.6) is 0 Å². The Balaban J connectivity index is 2.00. The maximum absolute atomic E-state index is 12.7. The van der Waals surface area contributed by atoms with Gasteiger partial charge in [0, 0.05) is 10.4 Å². The lowest BCUT2D eigenvalue weighted by Crippen LogP contribution is -2.36. The molecule has 3 rings (SSSR count). The quantitative estimate of drug-likeness (QED) is 0.714. The standard InChI is InChI=1S/C19H20N2O3S/c1-4-5-14-9-15-17(25-14)20-19(24)21(18(15)23)10-16(22)13-7-6-11(2)12(3)8-13/h6-9H,4-5,10H2,1-3H3,(H,20,24). The van der Waals surface area contributed by atoms with Crippen molar-refractivity contribution in [3.8, 4) is 0 Å². The highest BCUT2D eigenvalue weighted by molar-refractivity contribution is 7.18. The summed E-state index contributed by atoms with van der Waals surface area (Å²) in [5.74, 6) is -0.251. The minimum absolute atomic E-state index is 0.251. The number of hydrogen-bond donors (Lipinski definition) is 1. The van der Waals surface area contributed by atoms with Crippen molar-refractivity contribution < 1.29 is 4.79 Å². The van der Waals surface area contributed by atoms with Crippen LogP contribution < -0.4 is 11.2 Å². The summed E-state index contributed by atoms with van der Waals surface area (Å²) in [7, 11) is 0. The van der Waals surface area contributed by atoms with Crippen LogP contribution in [-0.4, -0.2) is 15.3 Å². The lowest BCUT2D eigenvalue weighted by Gasteiger charge is -2.06. The third-order valence-electron chi connectivity index (χ3n) is 4.35. The van der Waals surface area contributed by atoms with Crippen molar-refractivity contribution in [1.29, 1.82) is 0 Å². The fraction of sp³-hybridized carbons (Fsp3) is 0.316. The number of Topliss-reactive ketones (excluding diaryl/α,β-unsaturated/α-hetero) is 1. The number of carbonyl (C=O) groups excluding carboxylic acids is 1. The molecule has 2 heterocycles. The fourth-order valence-electron chi connectivity index (χ4n) is 2.76. The number of aromatic nitrogens is 2. The second kappa shape index (κ2) is 6.80. The van der Waals surface area contributed by atoms with Crippen LogP contribution in [0.4, 0.5) is 0 Å². The van der Waals surface area contributed by atoms with E-state index in [2.05, 4.69) is 11.9 Å². The molecule has 0 radical (unpaired) electrons. The maximum atomic E-state index is 12.7. The topological polar surface area (TPSA) is 71.9 Å². The predicted octanol–water partition coefficient (Wildman–Crippen LogP) is 3.20. The van der Waals surface area contributed by atoms with Crippen LogP contribution in [0.15, 0.2) is 33.9 Å². The van der Waals surface area contributed by atoms with Crippen molar-refractivity contribution in [2.75, 3.05) is 0 Å². The first-order valence-electron chi connectivity index (χ1n) is 8.26. The van der Waals surface area contributed by atoms with Crippen molar-refractivity contribution in [2.45, 2.75) is 40.2 Å². The third-order valence-corrected chi connectivity index (χ3v) is 5.46. The van der Waals surface area contributed by atoms with Gasteiger partial charge >= 0.3 is 5.69 Å². The molecule has 1 N–H and O–H groups in total. The molecule has 0 aliphatic heterocycles. The Bertz CT molecular complexity index is 1070. The lowest BCUT2D eigenvalue weighted by molar-refractivity contribution is 0.0969. The van der Waals surface area contributed by atoms with Gasteiger partial charge in [0.05, 0.1) is 11.9 Å². The summed E-state index contributed by atoms with van der Waals surface area (Å²) in [5.41, 5.74) is 1.65. The number of benzene rings is 1. The van der Waals surface area contributed by atoms with Gasteiger partial charge in [-0.1, -0.05) is 25.5 Å². The Labute approximate surface area is 148 Å². The molecular formula is C19H20N2O3S. The Kier molecular flexibility index (Phi) is 4.72. The molecule has 3 aromatic rings. The van der Waals surface area contributed by atoms with Crippen LogP contribution in [0.3, 0.4) is 0 Å². The molecule has 0 amide bonds. The normalized spacial score (nSPS) is 11.2. The smallest absolute Gasteiger partial charge is 0.298 e. The average Bonchev–Trinajstić information content (AvgIpc) is 2.96.